The predicted octanol–water partition coefficient (Wildman–Crippen LogP) is 5.10. The number of benzene rings is 2. The summed E-state index contributed by atoms with van der Waals surface area (Å²) in [4.78, 5) is 18.1. The molecule has 1 aliphatic rings. The molecule has 0 N–H and O–H groups in total. The van der Waals surface area contributed by atoms with Crippen LogP contribution in [0.3, 0.4) is 0 Å². The summed E-state index contributed by atoms with van der Waals surface area (Å²) in [5, 5.41) is 0. The van der Waals surface area contributed by atoms with Crippen molar-refractivity contribution in [2.24, 2.45) is 4.99 Å². The van der Waals surface area contributed by atoms with Crippen molar-refractivity contribution >= 4 is 39.2 Å². The second-order valence-corrected chi connectivity index (χ2v) is 9.20. The standard InChI is InChI=1S/C23H26N2O4S2/c1-3-4-5-10-27-17-8-6-7-16(12-17)22(26)24-23-25(9-11-30-2)18-13-19-20(29-15-28-19)14-21(18)31-23/h6-8,12-14H,3-5,9-11,15H2,1-2H3. The van der Waals surface area contributed by atoms with E-state index in [1.165, 1.54) is 11.3 Å². The molecule has 4 rings (SSSR count). The topological polar surface area (TPSA) is 62.0 Å². The van der Waals surface area contributed by atoms with Gasteiger partial charge in [-0.1, -0.05) is 37.2 Å². The highest BCUT2D eigenvalue weighted by atomic mass is 32.2. The van der Waals surface area contributed by atoms with Gasteiger partial charge in [-0.05, 0) is 30.9 Å². The molecule has 0 saturated heterocycles. The first-order chi connectivity index (χ1) is 15.2. The maximum Gasteiger partial charge on any atom is 0.279 e. The summed E-state index contributed by atoms with van der Waals surface area (Å²) >= 11 is 3.24. The van der Waals surface area contributed by atoms with Crippen LogP contribution >= 0.6 is 23.1 Å². The first kappa shape index (κ1) is 21.8. The molecule has 0 aliphatic carbocycles. The highest BCUT2D eigenvalue weighted by molar-refractivity contribution is 7.98. The van der Waals surface area contributed by atoms with Crippen LogP contribution in [-0.4, -0.2) is 35.9 Å². The number of nitrogens with zero attached hydrogens (tertiary/aromatic N) is 2. The largest absolute Gasteiger partial charge is 0.494 e. The van der Waals surface area contributed by atoms with Crippen LogP contribution in [0, 0.1) is 0 Å². The second-order valence-electron chi connectivity index (χ2n) is 7.20. The first-order valence-corrected chi connectivity index (χ1v) is 12.6. The van der Waals surface area contributed by atoms with Crippen LogP contribution in [0.1, 0.15) is 36.5 Å². The Morgan fingerprint density at radius 3 is 2.87 bits per heavy atom. The third kappa shape index (κ3) is 5.07. The molecular formula is C23H26N2O4S2. The Bertz CT molecular complexity index is 1140. The lowest BCUT2D eigenvalue weighted by molar-refractivity contribution is 0.0997. The van der Waals surface area contributed by atoms with Crippen LogP contribution in [0.4, 0.5) is 0 Å². The molecule has 0 radical (unpaired) electrons. The van der Waals surface area contributed by atoms with Crippen LogP contribution in [0.5, 0.6) is 17.2 Å². The van der Waals surface area contributed by atoms with Crippen molar-refractivity contribution in [3.8, 4) is 17.2 Å². The van der Waals surface area contributed by atoms with Crippen molar-refractivity contribution in [2.75, 3.05) is 25.4 Å². The first-order valence-electron chi connectivity index (χ1n) is 10.4. The summed E-state index contributed by atoms with van der Waals surface area (Å²) in [5.41, 5.74) is 1.53. The van der Waals surface area contributed by atoms with Gasteiger partial charge >= 0.3 is 0 Å². The number of hydrogen-bond donors (Lipinski definition) is 0. The molecule has 31 heavy (non-hydrogen) atoms. The predicted molar refractivity (Wildman–Crippen MR) is 126 cm³/mol. The molecule has 0 unspecified atom stereocenters. The van der Waals surface area contributed by atoms with E-state index in [-0.39, 0.29) is 12.7 Å². The molecule has 0 saturated carbocycles. The Kier molecular flexibility index (Phi) is 7.19. The molecular weight excluding hydrogens is 432 g/mol. The average Bonchev–Trinajstić information content (AvgIpc) is 3.37. The summed E-state index contributed by atoms with van der Waals surface area (Å²) in [6.45, 7) is 3.81. The number of carbonyl (C=O) groups excluding carboxylic acids is 1. The van der Waals surface area contributed by atoms with E-state index in [2.05, 4.69) is 22.7 Å². The summed E-state index contributed by atoms with van der Waals surface area (Å²) in [6, 6.07) is 11.2. The minimum Gasteiger partial charge on any atom is -0.494 e. The number of thiazole rings is 1. The zero-order valence-electron chi connectivity index (χ0n) is 17.8. The molecule has 0 bridgehead atoms. The molecule has 164 valence electrons. The molecule has 0 spiro atoms. The third-order valence-corrected chi connectivity index (χ3v) is 6.62. The Morgan fingerprint density at radius 2 is 2.06 bits per heavy atom. The van der Waals surface area contributed by atoms with Gasteiger partial charge in [0, 0.05) is 30.0 Å². The van der Waals surface area contributed by atoms with Crippen molar-refractivity contribution in [3.05, 3.63) is 46.8 Å². The SMILES string of the molecule is CCCCCOc1cccc(C(=O)N=c2sc3cc4c(cc3n2CCSC)OCO4)c1. The number of thioether (sulfide) groups is 1. The lowest BCUT2D eigenvalue weighted by Gasteiger charge is -2.06. The molecule has 1 amide bonds. The number of amides is 1. The van der Waals surface area contributed by atoms with Crippen molar-refractivity contribution in [1.82, 2.24) is 4.57 Å². The van der Waals surface area contributed by atoms with Gasteiger partial charge in [-0.3, -0.25) is 4.79 Å². The van der Waals surface area contributed by atoms with Crippen molar-refractivity contribution in [1.29, 1.82) is 0 Å². The fourth-order valence-electron chi connectivity index (χ4n) is 3.36. The normalized spacial score (nSPS) is 13.2. The number of fused-ring (bicyclic) bond motifs is 2. The van der Waals surface area contributed by atoms with Gasteiger partial charge in [0.25, 0.3) is 5.91 Å². The molecule has 6 nitrogen and oxygen atoms in total. The van der Waals surface area contributed by atoms with Crippen LogP contribution in [0.2, 0.25) is 0 Å². The maximum absolute atomic E-state index is 13.0. The average molecular weight is 459 g/mol. The van der Waals surface area contributed by atoms with Crippen LogP contribution < -0.4 is 19.0 Å². The molecule has 0 atom stereocenters. The highest BCUT2D eigenvalue weighted by Gasteiger charge is 2.18. The van der Waals surface area contributed by atoms with Gasteiger partial charge in [0.15, 0.2) is 16.3 Å². The van der Waals surface area contributed by atoms with Gasteiger partial charge in [-0.15, -0.1) is 0 Å². The zero-order valence-corrected chi connectivity index (χ0v) is 19.4. The summed E-state index contributed by atoms with van der Waals surface area (Å²) in [6.07, 6.45) is 5.36. The Balaban J connectivity index is 1.64. The Morgan fingerprint density at radius 1 is 1.23 bits per heavy atom. The number of aryl methyl sites for hydroxylation is 1. The van der Waals surface area contributed by atoms with Crippen LogP contribution in [0.25, 0.3) is 10.2 Å². The van der Waals surface area contributed by atoms with Crippen LogP contribution in [-0.2, 0) is 6.54 Å². The number of carbonyl (C=O) groups is 1. The monoisotopic (exact) mass is 458 g/mol. The lowest BCUT2D eigenvalue weighted by Crippen LogP contribution is -2.18. The van der Waals surface area contributed by atoms with Crippen LogP contribution in [0.15, 0.2) is 41.4 Å². The van der Waals surface area contributed by atoms with E-state index in [1.54, 1.807) is 23.9 Å². The number of ether oxygens (including phenoxy) is 3. The van der Waals surface area contributed by atoms with Crippen molar-refractivity contribution in [3.63, 3.8) is 0 Å². The highest BCUT2D eigenvalue weighted by Crippen LogP contribution is 2.37. The van der Waals surface area contributed by atoms with E-state index in [1.807, 2.05) is 24.3 Å². The number of rotatable bonds is 9. The molecule has 2 aromatic carbocycles. The molecule has 3 aromatic rings. The Hall–Kier alpha value is -2.45. The quantitative estimate of drug-likeness (QED) is 0.417. The van der Waals surface area contributed by atoms with Crippen molar-refractivity contribution in [2.45, 2.75) is 32.7 Å². The number of hydrogen-bond acceptors (Lipinski definition) is 6. The number of aromatic nitrogens is 1. The Labute approximate surface area is 189 Å². The van der Waals surface area contributed by atoms with Gasteiger partial charge in [0.1, 0.15) is 5.75 Å². The number of unbranched alkanes of at least 4 members (excludes halogenated alkanes) is 2. The summed E-state index contributed by atoms with van der Waals surface area (Å²) in [5.74, 6) is 2.81. The molecule has 1 aromatic heterocycles. The van der Waals surface area contributed by atoms with Gasteiger partial charge in [-0.25, -0.2) is 0 Å². The third-order valence-electron chi connectivity index (χ3n) is 4.99. The minimum atomic E-state index is -0.275. The van der Waals surface area contributed by atoms with E-state index in [0.29, 0.717) is 22.7 Å². The van der Waals surface area contributed by atoms with Crippen molar-refractivity contribution < 1.29 is 19.0 Å². The smallest absolute Gasteiger partial charge is 0.279 e. The van der Waals surface area contributed by atoms with E-state index < -0.39 is 0 Å². The fourth-order valence-corrected chi connectivity index (χ4v) is 4.79. The lowest BCUT2D eigenvalue weighted by atomic mass is 10.2. The summed E-state index contributed by atoms with van der Waals surface area (Å²) < 4.78 is 19.9. The van der Waals surface area contributed by atoms with Gasteiger partial charge in [0.2, 0.25) is 6.79 Å². The zero-order chi connectivity index (χ0) is 21.6. The van der Waals surface area contributed by atoms with E-state index in [0.717, 1.165) is 53.3 Å². The summed E-state index contributed by atoms with van der Waals surface area (Å²) in [7, 11) is 0. The van der Waals surface area contributed by atoms with Gasteiger partial charge < -0.3 is 18.8 Å². The molecule has 2 heterocycles. The van der Waals surface area contributed by atoms with E-state index in [4.69, 9.17) is 14.2 Å². The minimum absolute atomic E-state index is 0.240. The van der Waals surface area contributed by atoms with Gasteiger partial charge in [-0.2, -0.15) is 16.8 Å². The van der Waals surface area contributed by atoms with E-state index >= 15 is 0 Å². The van der Waals surface area contributed by atoms with E-state index in [9.17, 15) is 4.79 Å². The van der Waals surface area contributed by atoms with Gasteiger partial charge in [0.05, 0.1) is 16.8 Å². The molecule has 0 fully saturated rings. The molecule has 1 aliphatic heterocycles. The maximum atomic E-state index is 13.0. The second kappa shape index (κ2) is 10.2. The molecule has 8 heteroatoms. The fraction of sp³-hybridized carbons (Fsp3) is 0.391.